The molecule has 1 rings (SSSR count). The molecule has 0 aliphatic carbocycles. The van der Waals surface area contributed by atoms with Gasteiger partial charge in [0.05, 0.1) is 0 Å². The molecule has 0 aromatic heterocycles. The van der Waals surface area contributed by atoms with Crippen LogP contribution in [0.4, 0.5) is 0 Å². The van der Waals surface area contributed by atoms with Gasteiger partial charge >= 0.3 is 5.97 Å². The van der Waals surface area contributed by atoms with Gasteiger partial charge in [0.25, 0.3) is 0 Å². The quantitative estimate of drug-likeness (QED) is 0.723. The Bertz CT molecular complexity index is 261. The Balaban J connectivity index is 0.00000144. The maximum absolute atomic E-state index is 10.6. The predicted molar refractivity (Wildman–Crippen MR) is 49.6 cm³/mol. The summed E-state index contributed by atoms with van der Waals surface area (Å²) in [4.78, 5) is 10.6. The number of aliphatic carboxylic acids is 1. The summed E-state index contributed by atoms with van der Waals surface area (Å²) in [5, 5.41) is 8.70. The molecule has 3 nitrogen and oxygen atoms in total. The van der Waals surface area contributed by atoms with E-state index in [1.807, 2.05) is 6.07 Å². The molecule has 0 heterocycles. The number of hydrogen-bond donors (Lipinski definition) is 1. The number of methoxy groups -OCH3 is 1. The van der Waals surface area contributed by atoms with E-state index in [0.29, 0.717) is 5.56 Å². The van der Waals surface area contributed by atoms with Crippen LogP contribution in [0.3, 0.4) is 0 Å². The first-order valence-corrected chi connectivity index (χ1v) is 3.56. The van der Waals surface area contributed by atoms with E-state index in [9.17, 15) is 4.79 Å². The largest absolute Gasteiger partial charge is 0.479 e. The second-order valence-corrected chi connectivity index (χ2v) is 2.36. The molecule has 1 atom stereocenters. The Morgan fingerprint density at radius 2 is 1.92 bits per heavy atom. The Labute approximate surface area is 99.0 Å². The van der Waals surface area contributed by atoms with Gasteiger partial charge in [0.15, 0.2) is 6.10 Å². The summed E-state index contributed by atoms with van der Waals surface area (Å²) in [5.41, 5.74) is 0.660. The summed E-state index contributed by atoms with van der Waals surface area (Å²) in [7, 11) is 1.38. The average Bonchev–Trinajstić information content (AvgIpc) is 2.07. The van der Waals surface area contributed by atoms with Crippen molar-refractivity contribution in [2.75, 3.05) is 7.11 Å². The minimum atomic E-state index is -0.969. The fourth-order valence-electron chi connectivity index (χ4n) is 1.01. The molecule has 0 aliphatic heterocycles. The summed E-state index contributed by atoms with van der Waals surface area (Å²) >= 11 is 0. The Kier molecular flexibility index (Phi) is 5.99. The Morgan fingerprint density at radius 3 is 2.31 bits per heavy atom. The van der Waals surface area contributed by atoms with Gasteiger partial charge in [0.2, 0.25) is 0 Å². The van der Waals surface area contributed by atoms with Crippen LogP contribution in [0.2, 0.25) is 0 Å². The van der Waals surface area contributed by atoms with E-state index < -0.39 is 12.1 Å². The summed E-state index contributed by atoms with van der Waals surface area (Å²) in [6.45, 7) is 0. The smallest absolute Gasteiger partial charge is 0.337 e. The topological polar surface area (TPSA) is 46.5 Å². The van der Waals surface area contributed by atoms with Crippen molar-refractivity contribution in [3.63, 3.8) is 0 Å². The second kappa shape index (κ2) is 6.16. The first-order valence-electron chi connectivity index (χ1n) is 3.56. The van der Waals surface area contributed by atoms with Gasteiger partial charge < -0.3 is 9.84 Å². The molecule has 65 valence electrons. The number of ether oxygens (including phenoxy) is 1. The van der Waals surface area contributed by atoms with Crippen LogP contribution >= 0.6 is 0 Å². The third kappa shape index (κ3) is 3.48. The number of rotatable bonds is 3. The van der Waals surface area contributed by atoms with Gasteiger partial charge in [-0.25, -0.2) is 4.79 Å². The molecule has 0 bridgehead atoms. The van der Waals surface area contributed by atoms with Gasteiger partial charge in [-0.3, -0.25) is 0 Å². The maximum Gasteiger partial charge on any atom is 0.337 e. The minimum absolute atomic E-state index is 0. The van der Waals surface area contributed by atoms with Crippen LogP contribution in [0.5, 0.6) is 0 Å². The van der Waals surface area contributed by atoms with E-state index in [2.05, 4.69) is 0 Å². The average molecular weight is 189 g/mol. The molecule has 0 saturated heterocycles. The molecule has 1 unspecified atom stereocenters. The summed E-state index contributed by atoms with van der Waals surface area (Å²) in [5.74, 6) is -0.969. The predicted octanol–water partition coefficient (Wildman–Crippen LogP) is 1.08. The van der Waals surface area contributed by atoms with Crippen LogP contribution in [0.1, 0.15) is 11.7 Å². The third-order valence-electron chi connectivity index (χ3n) is 1.56. The molecule has 0 amide bonds. The van der Waals surface area contributed by atoms with Crippen molar-refractivity contribution in [3.05, 3.63) is 35.9 Å². The van der Waals surface area contributed by atoms with Crippen molar-refractivity contribution in [2.24, 2.45) is 0 Å². The maximum atomic E-state index is 10.6. The molecule has 1 aromatic rings. The number of benzene rings is 1. The van der Waals surface area contributed by atoms with Gasteiger partial charge in [-0.2, -0.15) is 0 Å². The summed E-state index contributed by atoms with van der Waals surface area (Å²) < 4.78 is 4.80. The zero-order valence-electron chi connectivity index (χ0n) is 7.73. The number of carbonyl (C=O) groups is 1. The molecule has 13 heavy (non-hydrogen) atoms. The summed E-state index contributed by atoms with van der Waals surface area (Å²) in [6, 6.07) is 8.84. The molecule has 0 saturated carbocycles. The molecule has 0 spiro atoms. The fraction of sp³-hybridized carbons (Fsp3) is 0.222. The van der Waals surface area contributed by atoms with E-state index in [1.54, 1.807) is 24.3 Å². The molecule has 0 aliphatic rings. The van der Waals surface area contributed by atoms with Crippen LogP contribution in [0, 0.1) is 0 Å². The number of carboxylic acids is 1. The van der Waals surface area contributed by atoms with E-state index in [0.717, 1.165) is 0 Å². The van der Waals surface area contributed by atoms with Crippen LogP contribution in [-0.4, -0.2) is 47.7 Å². The first kappa shape index (κ1) is 12.7. The van der Waals surface area contributed by atoms with Crippen molar-refractivity contribution >= 4 is 35.5 Å². The van der Waals surface area contributed by atoms with Crippen LogP contribution in [0.25, 0.3) is 0 Å². The SMILES string of the molecule is COC(C(=O)O)c1ccccc1.[Na]. The van der Waals surface area contributed by atoms with Crippen molar-refractivity contribution in [1.82, 2.24) is 0 Å². The van der Waals surface area contributed by atoms with Gasteiger partial charge in [-0.1, -0.05) is 30.3 Å². The van der Waals surface area contributed by atoms with Crippen molar-refractivity contribution in [1.29, 1.82) is 0 Å². The summed E-state index contributed by atoms with van der Waals surface area (Å²) in [6.07, 6.45) is -0.855. The fourth-order valence-corrected chi connectivity index (χ4v) is 1.01. The second-order valence-electron chi connectivity index (χ2n) is 2.36. The van der Waals surface area contributed by atoms with Gasteiger partial charge in [-0.15, -0.1) is 0 Å². The van der Waals surface area contributed by atoms with Crippen molar-refractivity contribution < 1.29 is 14.6 Å². The zero-order chi connectivity index (χ0) is 8.97. The van der Waals surface area contributed by atoms with Crippen molar-refractivity contribution in [2.45, 2.75) is 6.10 Å². The van der Waals surface area contributed by atoms with E-state index in [4.69, 9.17) is 9.84 Å². The standard InChI is InChI=1S/C9H10O3.Na/c1-12-8(9(10)11)7-5-3-2-4-6-7;/h2-6,8H,1H3,(H,10,11);. The normalized spacial score (nSPS) is 11.5. The number of carboxylic acid groups (broad SMARTS) is 1. The Hall–Kier alpha value is -0.350. The molecule has 4 heteroatoms. The van der Waals surface area contributed by atoms with Gasteiger partial charge in [-0.05, 0) is 5.56 Å². The van der Waals surface area contributed by atoms with E-state index >= 15 is 0 Å². The van der Waals surface area contributed by atoms with Crippen LogP contribution < -0.4 is 0 Å². The van der Waals surface area contributed by atoms with Gasteiger partial charge in [0.1, 0.15) is 0 Å². The monoisotopic (exact) mass is 189 g/mol. The van der Waals surface area contributed by atoms with E-state index in [-0.39, 0.29) is 29.6 Å². The molecule has 1 N–H and O–H groups in total. The molecule has 1 aromatic carbocycles. The van der Waals surface area contributed by atoms with Crippen molar-refractivity contribution in [3.8, 4) is 0 Å². The molecular formula is C9H10NaO3. The van der Waals surface area contributed by atoms with Crippen LogP contribution in [-0.2, 0) is 9.53 Å². The first-order chi connectivity index (χ1) is 5.75. The van der Waals surface area contributed by atoms with E-state index in [1.165, 1.54) is 7.11 Å². The van der Waals surface area contributed by atoms with Crippen LogP contribution in [0.15, 0.2) is 30.3 Å². The van der Waals surface area contributed by atoms with Gasteiger partial charge in [0, 0.05) is 36.7 Å². The Morgan fingerprint density at radius 1 is 1.38 bits per heavy atom. The zero-order valence-corrected chi connectivity index (χ0v) is 9.73. The minimum Gasteiger partial charge on any atom is -0.479 e. The molecular weight excluding hydrogens is 179 g/mol. The number of hydrogen-bond acceptors (Lipinski definition) is 2. The third-order valence-corrected chi connectivity index (χ3v) is 1.56. The molecule has 1 radical (unpaired) electrons. The molecule has 0 fully saturated rings.